The normalized spacial score (nSPS) is 23.1. The van der Waals surface area contributed by atoms with Crippen LogP contribution in [-0.4, -0.2) is 48.0 Å². The summed E-state index contributed by atoms with van der Waals surface area (Å²) < 4.78 is 18.3. The molecule has 6 nitrogen and oxygen atoms in total. The van der Waals surface area contributed by atoms with Gasteiger partial charge in [0.05, 0.1) is 32.1 Å². The number of aromatic nitrogens is 2. The van der Waals surface area contributed by atoms with Crippen molar-refractivity contribution < 1.29 is 14.2 Å². The standard InChI is InChI=1S/C14H25N3O3/c1-11(13-10-19-14(2,3)20-13)15-7-12-8-16-17(9-12)5-6-18-4/h8-9,11,13,15H,5-7,10H2,1-4H3/t11-,13+/m0/s1. The highest BCUT2D eigenvalue weighted by molar-refractivity contribution is 5.03. The Morgan fingerprint density at radius 2 is 2.40 bits per heavy atom. The lowest BCUT2D eigenvalue weighted by Gasteiger charge is -2.21. The lowest BCUT2D eigenvalue weighted by molar-refractivity contribution is -0.141. The van der Waals surface area contributed by atoms with Crippen molar-refractivity contribution in [2.75, 3.05) is 20.3 Å². The van der Waals surface area contributed by atoms with Crippen LogP contribution >= 0.6 is 0 Å². The quantitative estimate of drug-likeness (QED) is 0.814. The molecule has 0 amide bonds. The van der Waals surface area contributed by atoms with Crippen LogP contribution < -0.4 is 5.32 Å². The lowest BCUT2D eigenvalue weighted by Crippen LogP contribution is -2.39. The summed E-state index contributed by atoms with van der Waals surface area (Å²) in [5, 5.41) is 7.75. The molecule has 0 spiro atoms. The summed E-state index contributed by atoms with van der Waals surface area (Å²) in [4.78, 5) is 0. The predicted molar refractivity (Wildman–Crippen MR) is 75.3 cm³/mol. The van der Waals surface area contributed by atoms with Crippen molar-refractivity contribution in [1.82, 2.24) is 15.1 Å². The zero-order valence-electron chi connectivity index (χ0n) is 12.8. The van der Waals surface area contributed by atoms with Crippen molar-refractivity contribution in [3.63, 3.8) is 0 Å². The average molecular weight is 283 g/mol. The highest BCUT2D eigenvalue weighted by Crippen LogP contribution is 2.24. The maximum atomic E-state index is 5.84. The van der Waals surface area contributed by atoms with Crippen molar-refractivity contribution in [2.45, 2.75) is 51.8 Å². The van der Waals surface area contributed by atoms with Gasteiger partial charge in [0, 0.05) is 31.5 Å². The highest BCUT2D eigenvalue weighted by atomic mass is 16.7. The van der Waals surface area contributed by atoms with Crippen molar-refractivity contribution in [1.29, 1.82) is 0 Å². The van der Waals surface area contributed by atoms with E-state index in [1.54, 1.807) is 7.11 Å². The Morgan fingerprint density at radius 3 is 3.05 bits per heavy atom. The third-order valence-electron chi connectivity index (χ3n) is 3.43. The molecule has 0 radical (unpaired) electrons. The Morgan fingerprint density at radius 1 is 1.60 bits per heavy atom. The molecule has 0 aliphatic carbocycles. The SMILES string of the molecule is COCCn1cc(CN[C@@H](C)[C@H]2COC(C)(C)O2)cn1. The number of rotatable bonds is 7. The van der Waals surface area contributed by atoms with Crippen LogP contribution in [0.25, 0.3) is 0 Å². The number of nitrogens with zero attached hydrogens (tertiary/aromatic N) is 2. The number of ether oxygens (including phenoxy) is 3. The maximum Gasteiger partial charge on any atom is 0.163 e. The summed E-state index contributed by atoms with van der Waals surface area (Å²) in [7, 11) is 1.69. The fourth-order valence-electron chi connectivity index (χ4n) is 2.18. The molecule has 1 aliphatic rings. The van der Waals surface area contributed by atoms with Crippen molar-refractivity contribution >= 4 is 0 Å². The fraction of sp³-hybridized carbons (Fsp3) is 0.786. The first-order chi connectivity index (χ1) is 9.50. The van der Waals surface area contributed by atoms with Crippen molar-refractivity contribution in [3.8, 4) is 0 Å². The smallest absolute Gasteiger partial charge is 0.163 e. The van der Waals surface area contributed by atoms with Gasteiger partial charge in [0.2, 0.25) is 0 Å². The summed E-state index contributed by atoms with van der Waals surface area (Å²) in [5.41, 5.74) is 1.16. The molecule has 1 fully saturated rings. The van der Waals surface area contributed by atoms with Gasteiger partial charge in [-0.1, -0.05) is 0 Å². The van der Waals surface area contributed by atoms with E-state index in [1.807, 2.05) is 30.9 Å². The number of hydrogen-bond acceptors (Lipinski definition) is 5. The van der Waals surface area contributed by atoms with Crippen LogP contribution in [0, 0.1) is 0 Å². The minimum atomic E-state index is -0.467. The Kier molecular flexibility index (Phi) is 5.15. The average Bonchev–Trinajstić information content (AvgIpc) is 3.00. The van der Waals surface area contributed by atoms with Gasteiger partial charge in [-0.2, -0.15) is 5.10 Å². The van der Waals surface area contributed by atoms with Gasteiger partial charge in [0.1, 0.15) is 0 Å². The molecule has 6 heteroatoms. The van der Waals surface area contributed by atoms with Gasteiger partial charge in [0.25, 0.3) is 0 Å². The number of methoxy groups -OCH3 is 1. The summed E-state index contributed by atoms with van der Waals surface area (Å²) in [5.74, 6) is -0.467. The Bertz CT molecular complexity index is 420. The van der Waals surface area contributed by atoms with Crippen molar-refractivity contribution in [3.05, 3.63) is 18.0 Å². The molecule has 20 heavy (non-hydrogen) atoms. The molecule has 1 N–H and O–H groups in total. The summed E-state index contributed by atoms with van der Waals surface area (Å²) in [6, 6.07) is 0.235. The lowest BCUT2D eigenvalue weighted by atomic mass is 10.2. The van der Waals surface area contributed by atoms with Gasteiger partial charge in [-0.3, -0.25) is 4.68 Å². The van der Waals surface area contributed by atoms with E-state index in [2.05, 4.69) is 17.3 Å². The van der Waals surface area contributed by atoms with Crippen molar-refractivity contribution in [2.24, 2.45) is 0 Å². The third-order valence-corrected chi connectivity index (χ3v) is 3.43. The largest absolute Gasteiger partial charge is 0.383 e. The second-order valence-corrected chi connectivity index (χ2v) is 5.64. The summed E-state index contributed by atoms with van der Waals surface area (Å²) in [6.07, 6.45) is 4.01. The van der Waals surface area contributed by atoms with E-state index < -0.39 is 5.79 Å². The molecule has 0 unspecified atom stereocenters. The molecular weight excluding hydrogens is 258 g/mol. The summed E-state index contributed by atoms with van der Waals surface area (Å²) in [6.45, 7) is 8.86. The maximum absolute atomic E-state index is 5.84. The van der Waals surface area contributed by atoms with Crippen LogP contribution in [0.2, 0.25) is 0 Å². The molecule has 2 rings (SSSR count). The molecule has 1 aromatic heterocycles. The van der Waals surface area contributed by atoms with Crippen LogP contribution in [0.3, 0.4) is 0 Å². The minimum absolute atomic E-state index is 0.0912. The van der Waals surface area contributed by atoms with E-state index in [0.717, 1.165) is 18.7 Å². The van der Waals surface area contributed by atoms with Crippen LogP contribution in [0.15, 0.2) is 12.4 Å². The van der Waals surface area contributed by atoms with Gasteiger partial charge in [0.15, 0.2) is 5.79 Å². The highest BCUT2D eigenvalue weighted by Gasteiger charge is 2.35. The Balaban J connectivity index is 1.76. The zero-order chi connectivity index (χ0) is 14.6. The van der Waals surface area contributed by atoms with E-state index in [-0.39, 0.29) is 12.1 Å². The monoisotopic (exact) mass is 283 g/mol. The van der Waals surface area contributed by atoms with Crippen LogP contribution in [0.1, 0.15) is 26.3 Å². The van der Waals surface area contributed by atoms with Gasteiger partial charge >= 0.3 is 0 Å². The third kappa shape index (κ3) is 4.28. The molecule has 0 bridgehead atoms. The molecule has 114 valence electrons. The zero-order valence-corrected chi connectivity index (χ0v) is 12.8. The van der Waals surface area contributed by atoms with Crippen LogP contribution in [-0.2, 0) is 27.3 Å². The molecule has 0 aromatic carbocycles. The molecule has 1 aromatic rings. The van der Waals surface area contributed by atoms with E-state index in [0.29, 0.717) is 13.2 Å². The van der Waals surface area contributed by atoms with E-state index in [9.17, 15) is 0 Å². The molecule has 0 saturated carbocycles. The fourth-order valence-corrected chi connectivity index (χ4v) is 2.18. The van der Waals surface area contributed by atoms with Gasteiger partial charge in [-0.05, 0) is 20.8 Å². The number of hydrogen-bond donors (Lipinski definition) is 1. The van der Waals surface area contributed by atoms with Gasteiger partial charge < -0.3 is 19.5 Å². The first-order valence-electron chi connectivity index (χ1n) is 7.05. The predicted octanol–water partition coefficient (Wildman–Crippen LogP) is 1.16. The van der Waals surface area contributed by atoms with E-state index in [4.69, 9.17) is 14.2 Å². The minimum Gasteiger partial charge on any atom is -0.383 e. The molecule has 1 aliphatic heterocycles. The molecular formula is C14H25N3O3. The molecule has 2 atom stereocenters. The van der Waals surface area contributed by atoms with E-state index in [1.165, 1.54) is 0 Å². The first kappa shape index (κ1) is 15.4. The second-order valence-electron chi connectivity index (χ2n) is 5.64. The van der Waals surface area contributed by atoms with Gasteiger partial charge in [-0.25, -0.2) is 0 Å². The van der Waals surface area contributed by atoms with E-state index >= 15 is 0 Å². The molecule has 1 saturated heterocycles. The first-order valence-corrected chi connectivity index (χ1v) is 7.05. The second kappa shape index (κ2) is 6.67. The Labute approximate surface area is 120 Å². The Hall–Kier alpha value is -0.950. The van der Waals surface area contributed by atoms with Gasteiger partial charge in [-0.15, -0.1) is 0 Å². The van der Waals surface area contributed by atoms with Crippen LogP contribution in [0.4, 0.5) is 0 Å². The summed E-state index contributed by atoms with van der Waals surface area (Å²) >= 11 is 0. The number of nitrogens with one attached hydrogen (secondary N) is 1. The van der Waals surface area contributed by atoms with Crippen LogP contribution in [0.5, 0.6) is 0 Å². The topological polar surface area (TPSA) is 57.5 Å². The molecule has 2 heterocycles.